The molecule has 2 aliphatic carbocycles. The lowest BCUT2D eigenvalue weighted by molar-refractivity contribution is 0.120. The van der Waals surface area contributed by atoms with Gasteiger partial charge in [-0.2, -0.15) is 0 Å². The first-order valence-corrected chi connectivity index (χ1v) is 6.53. The van der Waals surface area contributed by atoms with E-state index in [0.717, 1.165) is 18.3 Å². The molecule has 0 heterocycles. The number of hydrogen-bond donors (Lipinski definition) is 1. The Balaban J connectivity index is 1.60. The van der Waals surface area contributed by atoms with Gasteiger partial charge in [0.2, 0.25) is 0 Å². The second-order valence-electron chi connectivity index (χ2n) is 5.78. The molecule has 0 amide bonds. The molecule has 2 fully saturated rings. The standard InChI is InChI=1S/C13H25NO/c1-10-8-12(10)9-14(2)7-6-11-4-3-5-13(11)15/h10-13,15H,3-9H2,1-2H3. The molecule has 2 aliphatic rings. The maximum absolute atomic E-state index is 9.72. The maximum Gasteiger partial charge on any atom is 0.0568 e. The molecule has 0 spiro atoms. The largest absolute Gasteiger partial charge is 0.393 e. The third-order valence-corrected chi connectivity index (χ3v) is 4.32. The number of rotatable bonds is 5. The van der Waals surface area contributed by atoms with E-state index < -0.39 is 0 Å². The van der Waals surface area contributed by atoms with Crippen molar-refractivity contribution in [2.24, 2.45) is 17.8 Å². The maximum atomic E-state index is 9.72. The Morgan fingerprint density at radius 1 is 1.27 bits per heavy atom. The Morgan fingerprint density at radius 2 is 2.00 bits per heavy atom. The Labute approximate surface area is 93.7 Å². The minimum Gasteiger partial charge on any atom is -0.393 e. The molecule has 1 N–H and O–H groups in total. The topological polar surface area (TPSA) is 23.5 Å². The number of hydrogen-bond acceptors (Lipinski definition) is 2. The minimum atomic E-state index is -0.00162. The van der Waals surface area contributed by atoms with Gasteiger partial charge in [-0.1, -0.05) is 13.3 Å². The third kappa shape index (κ3) is 3.18. The van der Waals surface area contributed by atoms with E-state index in [-0.39, 0.29) is 6.10 Å². The molecule has 2 rings (SSSR count). The molecule has 4 unspecified atom stereocenters. The summed E-state index contributed by atoms with van der Waals surface area (Å²) in [4.78, 5) is 2.46. The van der Waals surface area contributed by atoms with E-state index in [1.54, 1.807) is 0 Å². The summed E-state index contributed by atoms with van der Waals surface area (Å²) < 4.78 is 0. The summed E-state index contributed by atoms with van der Waals surface area (Å²) in [7, 11) is 2.23. The van der Waals surface area contributed by atoms with Crippen LogP contribution in [-0.4, -0.2) is 36.2 Å². The quantitative estimate of drug-likeness (QED) is 0.753. The average Bonchev–Trinajstić information content (AvgIpc) is 2.72. The molecule has 4 atom stereocenters. The van der Waals surface area contributed by atoms with Gasteiger partial charge in [0.1, 0.15) is 0 Å². The molecule has 2 saturated carbocycles. The van der Waals surface area contributed by atoms with Crippen molar-refractivity contribution in [3.63, 3.8) is 0 Å². The van der Waals surface area contributed by atoms with Crippen LogP contribution in [0, 0.1) is 17.8 Å². The van der Waals surface area contributed by atoms with Crippen LogP contribution >= 0.6 is 0 Å². The zero-order chi connectivity index (χ0) is 10.8. The molecule has 2 heteroatoms. The van der Waals surface area contributed by atoms with Gasteiger partial charge in [0.05, 0.1) is 6.10 Å². The summed E-state index contributed by atoms with van der Waals surface area (Å²) in [5, 5.41) is 9.72. The zero-order valence-corrected chi connectivity index (χ0v) is 10.2. The predicted octanol–water partition coefficient (Wildman–Crippen LogP) is 2.13. The van der Waals surface area contributed by atoms with E-state index in [2.05, 4.69) is 18.9 Å². The normalized spacial score (nSPS) is 40.0. The van der Waals surface area contributed by atoms with Crippen molar-refractivity contribution in [1.29, 1.82) is 0 Å². The predicted molar refractivity (Wildman–Crippen MR) is 62.7 cm³/mol. The van der Waals surface area contributed by atoms with E-state index >= 15 is 0 Å². The highest BCUT2D eigenvalue weighted by molar-refractivity contribution is 4.85. The molecule has 0 saturated heterocycles. The number of nitrogens with zero attached hydrogens (tertiary/aromatic N) is 1. The van der Waals surface area contributed by atoms with E-state index in [9.17, 15) is 5.11 Å². The van der Waals surface area contributed by atoms with Gasteiger partial charge in [-0.05, 0) is 57.0 Å². The SMILES string of the molecule is CC1CC1CN(C)CCC1CCCC1O. The van der Waals surface area contributed by atoms with Gasteiger partial charge in [-0.3, -0.25) is 0 Å². The van der Waals surface area contributed by atoms with Crippen LogP contribution in [0.2, 0.25) is 0 Å². The van der Waals surface area contributed by atoms with Crippen LogP contribution < -0.4 is 0 Å². The fourth-order valence-electron chi connectivity index (χ4n) is 2.89. The van der Waals surface area contributed by atoms with Crippen molar-refractivity contribution < 1.29 is 5.11 Å². The van der Waals surface area contributed by atoms with Crippen LogP contribution in [0.3, 0.4) is 0 Å². The molecule has 2 nitrogen and oxygen atoms in total. The van der Waals surface area contributed by atoms with Crippen LogP contribution in [0.25, 0.3) is 0 Å². The lowest BCUT2D eigenvalue weighted by atomic mass is 10.0. The van der Waals surface area contributed by atoms with Gasteiger partial charge in [-0.15, -0.1) is 0 Å². The van der Waals surface area contributed by atoms with Crippen molar-refractivity contribution >= 4 is 0 Å². The Bertz CT molecular complexity index is 207. The molecular formula is C13H25NO. The van der Waals surface area contributed by atoms with Gasteiger partial charge in [0.25, 0.3) is 0 Å². The van der Waals surface area contributed by atoms with Gasteiger partial charge in [0.15, 0.2) is 0 Å². The molecule has 0 bridgehead atoms. The van der Waals surface area contributed by atoms with Crippen molar-refractivity contribution in [2.75, 3.05) is 20.1 Å². The van der Waals surface area contributed by atoms with E-state index in [0.29, 0.717) is 5.92 Å². The third-order valence-electron chi connectivity index (χ3n) is 4.32. The lowest BCUT2D eigenvalue weighted by Gasteiger charge is -2.20. The summed E-state index contributed by atoms with van der Waals surface area (Å²) >= 11 is 0. The Hall–Kier alpha value is -0.0800. The highest BCUT2D eigenvalue weighted by Gasteiger charge is 2.33. The van der Waals surface area contributed by atoms with Crippen LogP contribution in [0.1, 0.15) is 39.0 Å². The van der Waals surface area contributed by atoms with E-state index in [1.807, 2.05) is 0 Å². The number of aliphatic hydroxyl groups excluding tert-OH is 1. The first kappa shape index (κ1) is 11.4. The second-order valence-corrected chi connectivity index (χ2v) is 5.78. The Morgan fingerprint density at radius 3 is 2.53 bits per heavy atom. The van der Waals surface area contributed by atoms with Crippen LogP contribution in [-0.2, 0) is 0 Å². The number of aliphatic hydroxyl groups is 1. The molecule has 88 valence electrons. The lowest BCUT2D eigenvalue weighted by Crippen LogP contribution is -2.26. The monoisotopic (exact) mass is 211 g/mol. The summed E-state index contributed by atoms with van der Waals surface area (Å²) in [6, 6.07) is 0. The molecule has 0 aliphatic heterocycles. The summed E-state index contributed by atoms with van der Waals surface area (Å²) in [6.07, 6.45) is 6.13. The first-order valence-electron chi connectivity index (χ1n) is 6.53. The fraction of sp³-hybridized carbons (Fsp3) is 1.00. The van der Waals surface area contributed by atoms with Gasteiger partial charge in [-0.25, -0.2) is 0 Å². The summed E-state index contributed by atoms with van der Waals surface area (Å²) in [5.74, 6) is 2.51. The molecule has 0 aromatic rings. The van der Waals surface area contributed by atoms with Crippen LogP contribution in [0.5, 0.6) is 0 Å². The Kier molecular flexibility index (Phi) is 3.68. The van der Waals surface area contributed by atoms with E-state index in [1.165, 1.54) is 38.8 Å². The van der Waals surface area contributed by atoms with Crippen molar-refractivity contribution in [3.8, 4) is 0 Å². The average molecular weight is 211 g/mol. The minimum absolute atomic E-state index is 0.00162. The van der Waals surface area contributed by atoms with E-state index in [4.69, 9.17) is 0 Å². The highest BCUT2D eigenvalue weighted by Crippen LogP contribution is 2.38. The van der Waals surface area contributed by atoms with Gasteiger partial charge in [0, 0.05) is 6.54 Å². The second kappa shape index (κ2) is 4.84. The fourth-order valence-corrected chi connectivity index (χ4v) is 2.89. The van der Waals surface area contributed by atoms with Crippen LogP contribution in [0.15, 0.2) is 0 Å². The van der Waals surface area contributed by atoms with Gasteiger partial charge >= 0.3 is 0 Å². The molecular weight excluding hydrogens is 186 g/mol. The van der Waals surface area contributed by atoms with Crippen LogP contribution in [0.4, 0.5) is 0 Å². The van der Waals surface area contributed by atoms with Crippen molar-refractivity contribution in [3.05, 3.63) is 0 Å². The molecule has 0 aromatic heterocycles. The van der Waals surface area contributed by atoms with Crippen molar-refractivity contribution in [1.82, 2.24) is 4.90 Å². The van der Waals surface area contributed by atoms with Crippen molar-refractivity contribution in [2.45, 2.75) is 45.1 Å². The molecule has 0 radical (unpaired) electrons. The summed E-state index contributed by atoms with van der Waals surface area (Å²) in [6.45, 7) is 4.79. The highest BCUT2D eigenvalue weighted by atomic mass is 16.3. The molecule has 0 aromatic carbocycles. The zero-order valence-electron chi connectivity index (χ0n) is 10.2. The smallest absolute Gasteiger partial charge is 0.0568 e. The first-order chi connectivity index (χ1) is 7.16. The molecule has 15 heavy (non-hydrogen) atoms. The summed E-state index contributed by atoms with van der Waals surface area (Å²) in [5.41, 5.74) is 0. The van der Waals surface area contributed by atoms with Gasteiger partial charge < -0.3 is 10.0 Å².